The summed E-state index contributed by atoms with van der Waals surface area (Å²) in [5.41, 5.74) is 1.47. The van der Waals surface area contributed by atoms with E-state index in [1.54, 1.807) is 29.7 Å². The number of halogens is 2. The molecule has 1 fully saturated rings. The first kappa shape index (κ1) is 16.4. The third-order valence-corrected chi connectivity index (χ3v) is 5.15. The Balaban J connectivity index is 1.82. The first-order chi connectivity index (χ1) is 13.1. The van der Waals surface area contributed by atoms with Crippen molar-refractivity contribution in [3.05, 3.63) is 64.0 Å². The van der Waals surface area contributed by atoms with Gasteiger partial charge in [-0.05, 0) is 0 Å². The van der Waals surface area contributed by atoms with Gasteiger partial charge in [-0.2, -0.15) is 0 Å². The minimum absolute atomic E-state index is 0.0842. The maximum absolute atomic E-state index is 14.5. The van der Waals surface area contributed by atoms with Crippen LogP contribution in [0.2, 0.25) is 0 Å². The first-order valence-corrected chi connectivity index (χ1v) is 8.73. The van der Waals surface area contributed by atoms with Gasteiger partial charge in [0.15, 0.2) is 0 Å². The summed E-state index contributed by atoms with van der Waals surface area (Å²) in [5.74, 6) is -1.30. The van der Waals surface area contributed by atoms with E-state index in [4.69, 9.17) is 9.52 Å². The molecule has 0 unspecified atom stereocenters. The summed E-state index contributed by atoms with van der Waals surface area (Å²) < 4.78 is 35.8. The zero-order chi connectivity index (χ0) is 18.7. The number of hydrogen-bond donors (Lipinski definition) is 1. The molecule has 0 spiro atoms. The fourth-order valence-corrected chi connectivity index (χ4v) is 3.64. The number of aliphatic hydroxyl groups excluding tert-OH is 1. The molecule has 0 radical (unpaired) electrons. The quantitative estimate of drug-likeness (QED) is 0.600. The molecule has 4 nitrogen and oxygen atoms in total. The molecular weight excluding hydrogens is 351 g/mol. The number of aliphatic hydroxyl groups is 1. The molecule has 2 aromatic carbocycles. The van der Waals surface area contributed by atoms with Gasteiger partial charge in [0.25, 0.3) is 0 Å². The second-order valence-corrected chi connectivity index (χ2v) is 6.88. The van der Waals surface area contributed by atoms with Crippen LogP contribution in [0.1, 0.15) is 24.4 Å². The Labute approximate surface area is 152 Å². The molecule has 27 heavy (non-hydrogen) atoms. The zero-order valence-electron chi connectivity index (χ0n) is 14.2. The van der Waals surface area contributed by atoms with Gasteiger partial charge >= 0.3 is 152 Å². The molecule has 0 bridgehead atoms. The average Bonchev–Trinajstić information content (AvgIpc) is 3.37. The number of hydrogen-bond acceptors (Lipinski definition) is 3. The number of rotatable bonds is 3. The predicted octanol–water partition coefficient (Wildman–Crippen LogP) is 3.86. The Bertz CT molecular complexity index is 1270. The molecule has 0 saturated heterocycles. The SMILES string of the molecule is O=c1c2bcoc2c2ccc(-c3cc(F)c(CO)cc3F)cc2n1C1CC1. The van der Waals surface area contributed by atoms with E-state index in [0.717, 1.165) is 30.4 Å². The number of pyridine rings is 1. The van der Waals surface area contributed by atoms with E-state index in [0.29, 0.717) is 21.9 Å². The molecule has 1 saturated carbocycles. The van der Waals surface area contributed by atoms with Gasteiger partial charge in [-0.3, -0.25) is 0 Å². The number of aromatic nitrogens is 1. The maximum atomic E-state index is 14.5. The minimum atomic E-state index is -0.671. The molecule has 1 aliphatic rings. The van der Waals surface area contributed by atoms with E-state index < -0.39 is 18.2 Å². The fourth-order valence-electron chi connectivity index (χ4n) is 3.64. The van der Waals surface area contributed by atoms with Crippen molar-refractivity contribution in [2.75, 3.05) is 0 Å². The van der Waals surface area contributed by atoms with Crippen LogP contribution in [0.25, 0.3) is 32.9 Å². The van der Waals surface area contributed by atoms with E-state index in [1.165, 1.54) is 6.16 Å². The summed E-state index contributed by atoms with van der Waals surface area (Å²) >= 11 is 0. The molecule has 134 valence electrons. The second kappa shape index (κ2) is 5.86. The molecule has 2 heterocycles. The van der Waals surface area contributed by atoms with E-state index in [9.17, 15) is 13.6 Å². The molecular formula is C20H14BF2NO3. The van der Waals surface area contributed by atoms with Gasteiger partial charge in [0, 0.05) is 0 Å². The van der Waals surface area contributed by atoms with Gasteiger partial charge in [0.2, 0.25) is 0 Å². The van der Waals surface area contributed by atoms with Crippen LogP contribution in [0.3, 0.4) is 0 Å². The fraction of sp³-hybridized carbons (Fsp3) is 0.200. The van der Waals surface area contributed by atoms with Crippen LogP contribution in [0.4, 0.5) is 8.78 Å². The zero-order valence-corrected chi connectivity index (χ0v) is 14.2. The van der Waals surface area contributed by atoms with Crippen LogP contribution in [-0.4, -0.2) is 16.6 Å². The predicted molar refractivity (Wildman–Crippen MR) is 98.9 cm³/mol. The van der Waals surface area contributed by atoms with Crippen LogP contribution in [-0.2, 0) is 6.61 Å². The summed E-state index contributed by atoms with van der Waals surface area (Å²) in [5, 5.41) is 10.4. The van der Waals surface area contributed by atoms with Crippen molar-refractivity contribution in [3.63, 3.8) is 0 Å². The summed E-state index contributed by atoms with van der Waals surface area (Å²) in [6.07, 6.45) is 3.31. The van der Waals surface area contributed by atoms with Gasteiger partial charge < -0.3 is 0 Å². The van der Waals surface area contributed by atoms with E-state index >= 15 is 0 Å². The van der Waals surface area contributed by atoms with Crippen LogP contribution in [0.5, 0.6) is 0 Å². The Morgan fingerprint density at radius 3 is 2.74 bits per heavy atom. The molecule has 1 N–H and O–H groups in total. The van der Waals surface area contributed by atoms with E-state index in [1.807, 2.05) is 0 Å². The third kappa shape index (κ3) is 2.45. The Hall–Kier alpha value is -2.80. The van der Waals surface area contributed by atoms with E-state index in [2.05, 4.69) is 0 Å². The molecule has 2 aromatic heterocycles. The topological polar surface area (TPSA) is 55.4 Å². The van der Waals surface area contributed by atoms with Gasteiger partial charge in [-0.15, -0.1) is 0 Å². The standard InChI is InChI=1S/C20H14BF2NO3/c22-15-7-14(16(23)5-11(15)8-25)10-1-4-13-17(6-10)24(12-2-3-12)20(26)18-19(13)27-9-21-18/h1,4-7,9,12,25H,2-3,8H2. The Morgan fingerprint density at radius 1 is 1.19 bits per heavy atom. The molecule has 5 rings (SSSR count). The molecule has 0 aliphatic heterocycles. The molecule has 1 aliphatic carbocycles. The van der Waals surface area contributed by atoms with Gasteiger partial charge in [0.05, 0.1) is 0 Å². The van der Waals surface area contributed by atoms with Crippen molar-refractivity contribution < 1.29 is 18.3 Å². The van der Waals surface area contributed by atoms with Gasteiger partial charge in [-0.1, -0.05) is 0 Å². The summed E-state index contributed by atoms with van der Waals surface area (Å²) in [7, 11) is 0. The van der Waals surface area contributed by atoms with Crippen molar-refractivity contribution in [3.8, 4) is 11.1 Å². The van der Waals surface area contributed by atoms with Crippen LogP contribution in [0.15, 0.2) is 45.7 Å². The van der Waals surface area contributed by atoms with Gasteiger partial charge in [-0.25, -0.2) is 0 Å². The molecule has 4 aromatic rings. The molecule has 7 heteroatoms. The Kier molecular flexibility index (Phi) is 3.55. The van der Waals surface area contributed by atoms with Crippen LogP contribution < -0.4 is 5.56 Å². The van der Waals surface area contributed by atoms with E-state index in [-0.39, 0.29) is 22.7 Å². The van der Waals surface area contributed by atoms with Crippen molar-refractivity contribution >= 4 is 28.7 Å². The van der Waals surface area contributed by atoms with Crippen molar-refractivity contribution in [1.82, 2.24) is 4.57 Å². The number of fused-ring (bicyclic) bond motifs is 3. The number of nitrogens with zero attached hydrogens (tertiary/aromatic N) is 1. The van der Waals surface area contributed by atoms with Crippen molar-refractivity contribution in [2.45, 2.75) is 25.5 Å². The average molecular weight is 365 g/mol. The summed E-state index contributed by atoms with van der Waals surface area (Å²) in [4.78, 5) is 12.9. The Morgan fingerprint density at radius 2 is 2.00 bits per heavy atom. The van der Waals surface area contributed by atoms with Crippen LogP contribution in [0, 0.1) is 11.6 Å². The number of benzene rings is 2. The second-order valence-electron chi connectivity index (χ2n) is 6.88. The monoisotopic (exact) mass is 365 g/mol. The molecule has 0 atom stereocenters. The van der Waals surface area contributed by atoms with Crippen molar-refractivity contribution in [1.29, 1.82) is 0 Å². The normalized spacial score (nSPS) is 14.2. The van der Waals surface area contributed by atoms with Crippen molar-refractivity contribution in [2.24, 2.45) is 0 Å². The summed E-state index contributed by atoms with van der Waals surface area (Å²) in [6.45, 7) is 1.09. The molecule has 0 amide bonds. The third-order valence-electron chi connectivity index (χ3n) is 5.15. The van der Waals surface area contributed by atoms with Crippen LogP contribution >= 0.6 is 0 Å². The summed E-state index contributed by atoms with van der Waals surface area (Å²) in [6, 6.07) is 7.35. The first-order valence-electron chi connectivity index (χ1n) is 8.73. The van der Waals surface area contributed by atoms with Gasteiger partial charge in [0.1, 0.15) is 0 Å².